The molecule has 1 amide bonds. The first-order chi connectivity index (χ1) is 17.0. The van der Waals surface area contributed by atoms with Crippen LogP contribution in [0.25, 0.3) is 31.7 Å². The third kappa shape index (κ3) is 5.37. The molecule has 0 spiro atoms. The number of rotatable bonds is 8. The quantitative estimate of drug-likeness (QED) is 0.223. The standard InChI is InChI=1S/C27H26N4O2S2.ClH/c1-30(2)13-7-14-31(27-29-22-16-18(33-3)11-12-25(22)35-27)26(32)20-17-23(24-10-6-15-34-24)28-21-9-5-4-8-19(20)21;/h4-6,8-12,15-17H,7,13-14H2,1-3H3;1H. The maximum absolute atomic E-state index is 14.2. The summed E-state index contributed by atoms with van der Waals surface area (Å²) in [5.41, 5.74) is 3.09. The molecular weight excluding hydrogens is 512 g/mol. The van der Waals surface area contributed by atoms with Crippen LogP contribution in [0.15, 0.2) is 66.0 Å². The Kier molecular flexibility index (Phi) is 8.21. The van der Waals surface area contributed by atoms with E-state index in [0.29, 0.717) is 17.2 Å². The lowest BCUT2D eigenvalue weighted by Crippen LogP contribution is -2.33. The molecule has 9 heteroatoms. The van der Waals surface area contributed by atoms with Gasteiger partial charge in [-0.25, -0.2) is 9.97 Å². The highest BCUT2D eigenvalue weighted by molar-refractivity contribution is 7.22. The number of hydrogen-bond donors (Lipinski definition) is 0. The Bertz CT molecular complexity index is 1480. The van der Waals surface area contributed by atoms with Crippen LogP contribution in [0.5, 0.6) is 5.75 Å². The predicted molar refractivity (Wildman–Crippen MR) is 153 cm³/mol. The fourth-order valence-corrected chi connectivity index (χ4v) is 5.67. The van der Waals surface area contributed by atoms with Crippen LogP contribution in [-0.2, 0) is 0 Å². The molecule has 0 saturated heterocycles. The minimum atomic E-state index is -0.0637. The molecular formula is C27H27ClN4O2S2. The summed E-state index contributed by atoms with van der Waals surface area (Å²) in [7, 11) is 5.73. The maximum Gasteiger partial charge on any atom is 0.260 e. The van der Waals surface area contributed by atoms with Crippen molar-refractivity contribution in [1.82, 2.24) is 14.9 Å². The number of methoxy groups -OCH3 is 1. The van der Waals surface area contributed by atoms with Crippen LogP contribution in [0.1, 0.15) is 16.8 Å². The van der Waals surface area contributed by atoms with E-state index < -0.39 is 0 Å². The average Bonchev–Trinajstić information content (AvgIpc) is 3.55. The van der Waals surface area contributed by atoms with Gasteiger partial charge in [0.2, 0.25) is 0 Å². The number of nitrogens with zero attached hydrogens (tertiary/aromatic N) is 4. The van der Waals surface area contributed by atoms with Crippen molar-refractivity contribution in [1.29, 1.82) is 0 Å². The van der Waals surface area contributed by atoms with Gasteiger partial charge in [-0.1, -0.05) is 35.6 Å². The molecule has 6 nitrogen and oxygen atoms in total. The summed E-state index contributed by atoms with van der Waals surface area (Å²) in [5.74, 6) is 0.687. The highest BCUT2D eigenvalue weighted by atomic mass is 35.5. The molecule has 0 N–H and O–H groups in total. The molecule has 0 atom stereocenters. The van der Waals surface area contributed by atoms with Gasteiger partial charge in [-0.15, -0.1) is 23.7 Å². The number of halogens is 1. The number of thiazole rings is 1. The minimum Gasteiger partial charge on any atom is -0.497 e. The third-order valence-corrected chi connectivity index (χ3v) is 7.72. The summed E-state index contributed by atoms with van der Waals surface area (Å²) in [4.78, 5) is 28.8. The lowest BCUT2D eigenvalue weighted by molar-refractivity contribution is 0.0987. The summed E-state index contributed by atoms with van der Waals surface area (Å²) in [6, 6.07) is 19.6. The van der Waals surface area contributed by atoms with Crippen molar-refractivity contribution in [2.24, 2.45) is 0 Å². The van der Waals surface area contributed by atoms with E-state index in [0.717, 1.165) is 50.4 Å². The zero-order chi connectivity index (χ0) is 24.4. The summed E-state index contributed by atoms with van der Waals surface area (Å²) in [6.07, 6.45) is 0.832. The Morgan fingerprint density at radius 3 is 2.56 bits per heavy atom. The number of carbonyl (C=O) groups excluding carboxylic acids is 1. The monoisotopic (exact) mass is 538 g/mol. The maximum atomic E-state index is 14.2. The average molecular weight is 539 g/mol. The number of benzene rings is 2. The Balaban J connectivity index is 0.00000304. The van der Waals surface area contributed by atoms with E-state index >= 15 is 0 Å². The summed E-state index contributed by atoms with van der Waals surface area (Å²) >= 11 is 3.14. The van der Waals surface area contributed by atoms with Gasteiger partial charge in [0.1, 0.15) is 5.75 Å². The van der Waals surface area contributed by atoms with E-state index in [1.807, 2.05) is 85.0 Å². The highest BCUT2D eigenvalue weighted by Gasteiger charge is 2.24. The van der Waals surface area contributed by atoms with Crippen LogP contribution >= 0.6 is 35.1 Å². The molecule has 2 aromatic carbocycles. The number of amides is 1. The van der Waals surface area contributed by atoms with Gasteiger partial charge in [0.05, 0.1) is 39.0 Å². The first-order valence-electron chi connectivity index (χ1n) is 11.4. The Labute approximate surface area is 224 Å². The molecule has 0 aliphatic heterocycles. The summed E-state index contributed by atoms with van der Waals surface area (Å²) in [6.45, 7) is 1.44. The molecule has 0 bridgehead atoms. The fraction of sp³-hybridized carbons (Fsp3) is 0.222. The van der Waals surface area contributed by atoms with Crippen LogP contribution in [0.2, 0.25) is 0 Å². The second-order valence-electron chi connectivity index (χ2n) is 8.49. The van der Waals surface area contributed by atoms with Gasteiger partial charge in [0, 0.05) is 18.0 Å². The fourth-order valence-electron chi connectivity index (χ4n) is 4.01. The SMILES string of the molecule is COc1ccc2sc(N(CCCN(C)C)C(=O)c3cc(-c4cccs4)nc4ccccc34)nc2c1.Cl. The second kappa shape index (κ2) is 11.3. The second-order valence-corrected chi connectivity index (χ2v) is 10.5. The number of hydrogen-bond acceptors (Lipinski definition) is 7. The Hall–Kier alpha value is -3.04. The number of aromatic nitrogens is 2. The highest BCUT2D eigenvalue weighted by Crippen LogP contribution is 2.34. The van der Waals surface area contributed by atoms with E-state index in [1.165, 1.54) is 11.3 Å². The smallest absolute Gasteiger partial charge is 0.260 e. The summed E-state index contributed by atoms with van der Waals surface area (Å²) < 4.78 is 6.39. The first-order valence-corrected chi connectivity index (χ1v) is 13.1. The van der Waals surface area contributed by atoms with Gasteiger partial charge < -0.3 is 9.64 Å². The number of para-hydroxylation sites is 1. The molecule has 0 aliphatic carbocycles. The van der Waals surface area contributed by atoms with Crippen molar-refractivity contribution >= 4 is 67.2 Å². The number of anilines is 1. The number of ether oxygens (including phenoxy) is 1. The van der Waals surface area contributed by atoms with E-state index in [9.17, 15) is 4.79 Å². The molecule has 0 radical (unpaired) electrons. The molecule has 36 heavy (non-hydrogen) atoms. The van der Waals surface area contributed by atoms with Crippen LogP contribution in [-0.4, -0.2) is 55.1 Å². The van der Waals surface area contributed by atoms with E-state index in [4.69, 9.17) is 14.7 Å². The van der Waals surface area contributed by atoms with Crippen molar-refractivity contribution in [3.63, 3.8) is 0 Å². The van der Waals surface area contributed by atoms with E-state index in [1.54, 1.807) is 18.4 Å². The van der Waals surface area contributed by atoms with Gasteiger partial charge in [-0.3, -0.25) is 9.69 Å². The molecule has 186 valence electrons. The van der Waals surface area contributed by atoms with Crippen molar-refractivity contribution < 1.29 is 9.53 Å². The Morgan fingerprint density at radius 1 is 0.972 bits per heavy atom. The lowest BCUT2D eigenvalue weighted by Gasteiger charge is -2.22. The van der Waals surface area contributed by atoms with Gasteiger partial charge in [-0.2, -0.15) is 0 Å². The molecule has 0 aliphatic rings. The van der Waals surface area contributed by atoms with Gasteiger partial charge in [0.15, 0.2) is 5.13 Å². The molecule has 0 fully saturated rings. The van der Waals surface area contributed by atoms with Gasteiger partial charge >= 0.3 is 0 Å². The van der Waals surface area contributed by atoms with Crippen LogP contribution in [0.4, 0.5) is 5.13 Å². The largest absolute Gasteiger partial charge is 0.497 e. The minimum absolute atomic E-state index is 0. The van der Waals surface area contributed by atoms with Crippen molar-refractivity contribution in [3.8, 4) is 16.3 Å². The topological polar surface area (TPSA) is 58.6 Å². The first kappa shape index (κ1) is 26.0. The van der Waals surface area contributed by atoms with Crippen LogP contribution < -0.4 is 9.64 Å². The molecule has 0 unspecified atom stereocenters. The zero-order valence-electron chi connectivity index (χ0n) is 20.3. The molecule has 0 saturated carbocycles. The lowest BCUT2D eigenvalue weighted by atomic mass is 10.1. The summed E-state index contributed by atoms with van der Waals surface area (Å²) in [5, 5.41) is 3.56. The Morgan fingerprint density at radius 2 is 1.81 bits per heavy atom. The van der Waals surface area contributed by atoms with Crippen molar-refractivity contribution in [2.45, 2.75) is 6.42 Å². The van der Waals surface area contributed by atoms with Crippen molar-refractivity contribution in [2.75, 3.05) is 39.2 Å². The number of pyridine rings is 1. The molecule has 5 rings (SSSR count). The number of thiophene rings is 1. The zero-order valence-corrected chi connectivity index (χ0v) is 22.8. The molecule has 3 heterocycles. The number of carbonyl (C=O) groups is 1. The predicted octanol–water partition coefficient (Wildman–Crippen LogP) is 6.60. The van der Waals surface area contributed by atoms with Crippen LogP contribution in [0.3, 0.4) is 0 Å². The molecule has 5 aromatic rings. The van der Waals surface area contributed by atoms with Crippen LogP contribution in [0, 0.1) is 0 Å². The van der Waals surface area contributed by atoms with E-state index in [2.05, 4.69) is 4.90 Å². The normalized spacial score (nSPS) is 11.1. The molecule has 3 aromatic heterocycles. The third-order valence-electron chi connectivity index (χ3n) is 5.77. The van der Waals surface area contributed by atoms with Gasteiger partial charge in [-0.05, 0) is 62.8 Å². The van der Waals surface area contributed by atoms with Gasteiger partial charge in [0.25, 0.3) is 5.91 Å². The number of fused-ring (bicyclic) bond motifs is 2. The van der Waals surface area contributed by atoms with Crippen molar-refractivity contribution in [3.05, 3.63) is 71.6 Å². The van der Waals surface area contributed by atoms with E-state index in [-0.39, 0.29) is 18.3 Å².